The number of nitriles is 1. The highest BCUT2D eigenvalue weighted by Crippen LogP contribution is 2.25. The Morgan fingerprint density at radius 2 is 2.32 bits per heavy atom. The van der Waals surface area contributed by atoms with Gasteiger partial charge in [-0.05, 0) is 37.3 Å². The van der Waals surface area contributed by atoms with Crippen molar-refractivity contribution < 1.29 is 9.90 Å². The first-order chi connectivity index (χ1) is 10.6. The maximum atomic E-state index is 11.9. The van der Waals surface area contributed by atoms with Gasteiger partial charge in [0.15, 0.2) is 0 Å². The molecule has 1 aromatic rings. The van der Waals surface area contributed by atoms with E-state index in [1.165, 1.54) is 17.8 Å². The summed E-state index contributed by atoms with van der Waals surface area (Å²) in [4.78, 5) is 14.1. The number of carbonyl (C=O) groups is 1. The molecule has 0 spiro atoms. The lowest BCUT2D eigenvalue weighted by Gasteiger charge is -2.31. The summed E-state index contributed by atoms with van der Waals surface area (Å²) in [5.41, 5.74) is 0.511. The van der Waals surface area contributed by atoms with Crippen molar-refractivity contribution in [3.63, 3.8) is 0 Å². The minimum Gasteiger partial charge on any atom is -0.393 e. The zero-order valence-corrected chi connectivity index (χ0v) is 13.7. The summed E-state index contributed by atoms with van der Waals surface area (Å²) in [6.45, 7) is 1.49. The fourth-order valence-electron chi connectivity index (χ4n) is 2.87. The molecule has 1 aliphatic rings. The number of nitrogens with one attached hydrogen (secondary N) is 1. The molecule has 5 nitrogen and oxygen atoms in total. The van der Waals surface area contributed by atoms with Gasteiger partial charge >= 0.3 is 0 Å². The number of thiophene rings is 1. The Bertz CT molecular complexity index is 538. The molecule has 2 unspecified atom stereocenters. The number of nitrogens with zero attached hydrogens (tertiary/aromatic N) is 2. The fourth-order valence-corrected chi connectivity index (χ4v) is 3.62. The topological polar surface area (TPSA) is 76.4 Å². The molecule has 22 heavy (non-hydrogen) atoms. The van der Waals surface area contributed by atoms with Crippen molar-refractivity contribution in [2.24, 2.45) is 5.92 Å². The maximum Gasteiger partial charge on any atom is 0.226 e. The van der Waals surface area contributed by atoms with Crippen molar-refractivity contribution in [1.82, 2.24) is 4.90 Å². The standard InChI is InChI=1S/C16H23N3O2S/c1-19(11-13-4-2-3-5-14(13)20)8-6-15(21)18-16-12(10-17)7-9-22-16/h7,9,13-14,20H,2-6,8,11H2,1H3,(H,18,21). The Balaban J connectivity index is 1.72. The minimum atomic E-state index is -0.200. The van der Waals surface area contributed by atoms with Crippen molar-refractivity contribution >= 4 is 22.2 Å². The average molecular weight is 321 g/mol. The second-order valence-corrected chi connectivity index (χ2v) is 6.86. The first kappa shape index (κ1) is 16.9. The van der Waals surface area contributed by atoms with Gasteiger partial charge in [-0.1, -0.05) is 12.8 Å². The van der Waals surface area contributed by atoms with Gasteiger partial charge < -0.3 is 15.3 Å². The van der Waals surface area contributed by atoms with Gasteiger partial charge in [0.1, 0.15) is 11.1 Å². The summed E-state index contributed by atoms with van der Waals surface area (Å²) < 4.78 is 0. The quantitative estimate of drug-likeness (QED) is 0.844. The number of carbonyl (C=O) groups excluding carboxylic acids is 1. The van der Waals surface area contributed by atoms with Crippen LogP contribution in [0.15, 0.2) is 11.4 Å². The highest BCUT2D eigenvalue weighted by molar-refractivity contribution is 7.14. The summed E-state index contributed by atoms with van der Waals surface area (Å²) in [5, 5.41) is 24.1. The minimum absolute atomic E-state index is 0.0741. The Morgan fingerprint density at radius 1 is 1.55 bits per heavy atom. The SMILES string of the molecule is CN(CCC(=O)Nc1sccc1C#N)CC1CCCCC1O. The van der Waals surface area contributed by atoms with Crippen LogP contribution in [0.4, 0.5) is 5.00 Å². The lowest BCUT2D eigenvalue weighted by atomic mass is 9.86. The Hall–Kier alpha value is -1.42. The number of anilines is 1. The molecule has 1 aromatic heterocycles. The van der Waals surface area contributed by atoms with E-state index in [9.17, 15) is 9.90 Å². The largest absolute Gasteiger partial charge is 0.393 e. The number of rotatable bonds is 6. The molecule has 0 aliphatic heterocycles. The van der Waals surface area contributed by atoms with Gasteiger partial charge in [-0.25, -0.2) is 0 Å². The number of hydrogen-bond acceptors (Lipinski definition) is 5. The van der Waals surface area contributed by atoms with E-state index in [2.05, 4.69) is 16.3 Å². The van der Waals surface area contributed by atoms with Crippen LogP contribution in [0.2, 0.25) is 0 Å². The molecule has 1 heterocycles. The van der Waals surface area contributed by atoms with Crippen LogP contribution in [0.25, 0.3) is 0 Å². The van der Waals surface area contributed by atoms with Crippen molar-refractivity contribution in [3.05, 3.63) is 17.0 Å². The Morgan fingerprint density at radius 3 is 3.05 bits per heavy atom. The number of aliphatic hydroxyl groups excluding tert-OH is 1. The third-order valence-corrected chi connectivity index (χ3v) is 5.00. The highest BCUT2D eigenvalue weighted by atomic mass is 32.1. The van der Waals surface area contributed by atoms with Crippen LogP contribution < -0.4 is 5.32 Å². The Kier molecular flexibility index (Phi) is 6.37. The van der Waals surface area contributed by atoms with Crippen LogP contribution >= 0.6 is 11.3 Å². The molecule has 0 saturated heterocycles. The lowest BCUT2D eigenvalue weighted by Crippen LogP contribution is -2.36. The van der Waals surface area contributed by atoms with Crippen LogP contribution in [-0.4, -0.2) is 42.2 Å². The third kappa shape index (κ3) is 4.80. The van der Waals surface area contributed by atoms with Crippen LogP contribution in [0.1, 0.15) is 37.7 Å². The molecule has 2 atom stereocenters. The predicted octanol–water partition coefficient (Wildman–Crippen LogP) is 2.43. The first-order valence-corrected chi connectivity index (χ1v) is 8.62. The molecule has 0 radical (unpaired) electrons. The molecule has 1 amide bonds. The van der Waals surface area contributed by atoms with Gasteiger partial charge in [-0.15, -0.1) is 11.3 Å². The summed E-state index contributed by atoms with van der Waals surface area (Å²) in [6.07, 6.45) is 4.46. The third-order valence-electron chi connectivity index (χ3n) is 4.17. The van der Waals surface area contributed by atoms with E-state index in [0.29, 0.717) is 29.4 Å². The van der Waals surface area contributed by atoms with Crippen LogP contribution in [0.3, 0.4) is 0 Å². The summed E-state index contributed by atoms with van der Waals surface area (Å²) in [6, 6.07) is 3.77. The van der Waals surface area contributed by atoms with E-state index in [1.54, 1.807) is 11.4 Å². The molecule has 1 aliphatic carbocycles. The molecule has 0 aromatic carbocycles. The van der Waals surface area contributed by atoms with Gasteiger partial charge in [0.2, 0.25) is 5.91 Å². The molecule has 1 fully saturated rings. The van der Waals surface area contributed by atoms with Gasteiger partial charge in [0.25, 0.3) is 0 Å². The molecule has 0 bridgehead atoms. The number of hydrogen-bond donors (Lipinski definition) is 2. The second kappa shape index (κ2) is 8.28. The molecule has 1 saturated carbocycles. The molecule has 2 N–H and O–H groups in total. The molecular weight excluding hydrogens is 298 g/mol. The van der Waals surface area contributed by atoms with Crippen LogP contribution in [0.5, 0.6) is 0 Å². The number of aliphatic hydroxyl groups is 1. The zero-order chi connectivity index (χ0) is 15.9. The van der Waals surface area contributed by atoms with Gasteiger partial charge in [-0.3, -0.25) is 4.79 Å². The maximum absolute atomic E-state index is 11.9. The van der Waals surface area contributed by atoms with Crippen molar-refractivity contribution in [1.29, 1.82) is 5.26 Å². The average Bonchev–Trinajstić information content (AvgIpc) is 2.94. The van der Waals surface area contributed by atoms with E-state index in [1.807, 2.05) is 7.05 Å². The van der Waals surface area contributed by atoms with Crippen molar-refractivity contribution in [2.45, 2.75) is 38.2 Å². The summed E-state index contributed by atoms with van der Waals surface area (Å²) in [7, 11) is 1.99. The summed E-state index contributed by atoms with van der Waals surface area (Å²) >= 11 is 1.36. The van der Waals surface area contributed by atoms with E-state index < -0.39 is 0 Å². The van der Waals surface area contributed by atoms with E-state index in [4.69, 9.17) is 5.26 Å². The Labute approximate surface area is 135 Å². The monoisotopic (exact) mass is 321 g/mol. The van der Waals surface area contributed by atoms with Gasteiger partial charge in [0, 0.05) is 19.5 Å². The second-order valence-electron chi connectivity index (χ2n) is 5.95. The highest BCUT2D eigenvalue weighted by Gasteiger charge is 2.24. The van der Waals surface area contributed by atoms with E-state index in [0.717, 1.165) is 25.8 Å². The molecule has 120 valence electrons. The van der Waals surface area contributed by atoms with Crippen molar-refractivity contribution in [2.75, 3.05) is 25.5 Å². The van der Waals surface area contributed by atoms with Crippen molar-refractivity contribution in [3.8, 4) is 6.07 Å². The van der Waals surface area contributed by atoms with Gasteiger partial charge in [-0.2, -0.15) is 5.26 Å². The van der Waals surface area contributed by atoms with Gasteiger partial charge in [0.05, 0.1) is 11.7 Å². The first-order valence-electron chi connectivity index (χ1n) is 7.74. The van der Waals surface area contributed by atoms with E-state index in [-0.39, 0.29) is 12.0 Å². The molecule has 6 heteroatoms. The zero-order valence-electron chi connectivity index (χ0n) is 12.9. The smallest absolute Gasteiger partial charge is 0.226 e. The van der Waals surface area contributed by atoms with Crippen LogP contribution in [0, 0.1) is 17.2 Å². The molecule has 2 rings (SSSR count). The fraction of sp³-hybridized carbons (Fsp3) is 0.625. The normalized spacial score (nSPS) is 21.5. The number of amides is 1. The van der Waals surface area contributed by atoms with E-state index >= 15 is 0 Å². The molecular formula is C16H23N3O2S. The van der Waals surface area contributed by atoms with Crippen LogP contribution in [-0.2, 0) is 4.79 Å². The lowest BCUT2D eigenvalue weighted by molar-refractivity contribution is -0.116. The predicted molar refractivity (Wildman–Crippen MR) is 87.7 cm³/mol. The summed E-state index contributed by atoms with van der Waals surface area (Å²) in [5.74, 6) is 0.249.